The molecule has 0 fully saturated rings. The molecule has 0 saturated heterocycles. The van der Waals surface area contributed by atoms with E-state index in [1.54, 1.807) is 73.8 Å². The van der Waals surface area contributed by atoms with Crippen LogP contribution in [0.15, 0.2) is 83.8 Å². The topological polar surface area (TPSA) is 85.3 Å². The van der Waals surface area contributed by atoms with E-state index in [0.29, 0.717) is 22.9 Å². The van der Waals surface area contributed by atoms with Crippen molar-refractivity contribution in [3.8, 4) is 17.2 Å². The molecule has 164 valence electrons. The highest BCUT2D eigenvalue weighted by Gasteiger charge is 2.29. The second kappa shape index (κ2) is 10.2. The normalized spacial score (nSPS) is 12.1. The highest BCUT2D eigenvalue weighted by Crippen LogP contribution is 2.32. The number of anilines is 1. The quantitative estimate of drug-likeness (QED) is 0.517. The van der Waals surface area contributed by atoms with E-state index in [-0.39, 0.29) is 18.0 Å². The molecule has 31 heavy (non-hydrogen) atoms. The van der Waals surface area contributed by atoms with Crippen molar-refractivity contribution in [2.45, 2.75) is 11.0 Å². The lowest BCUT2D eigenvalue weighted by Crippen LogP contribution is -2.40. The summed E-state index contributed by atoms with van der Waals surface area (Å²) in [5.41, 5.74) is 0.331. The van der Waals surface area contributed by atoms with Gasteiger partial charge in [0.25, 0.3) is 10.0 Å². The molecule has 0 amide bonds. The molecule has 0 aliphatic heterocycles. The van der Waals surface area contributed by atoms with E-state index < -0.39 is 16.1 Å². The maximum atomic E-state index is 13.4. The van der Waals surface area contributed by atoms with Gasteiger partial charge in [-0.3, -0.25) is 4.31 Å². The van der Waals surface area contributed by atoms with Crippen molar-refractivity contribution in [1.29, 1.82) is 0 Å². The molecule has 3 aromatic carbocycles. The predicted octanol–water partition coefficient (Wildman–Crippen LogP) is 3.34. The third kappa shape index (κ3) is 5.48. The first-order valence-corrected chi connectivity index (χ1v) is 11.1. The fourth-order valence-corrected chi connectivity index (χ4v) is 4.52. The van der Waals surface area contributed by atoms with Crippen LogP contribution in [-0.4, -0.2) is 47.0 Å². The Morgan fingerprint density at radius 3 is 2.10 bits per heavy atom. The summed E-state index contributed by atoms with van der Waals surface area (Å²) >= 11 is 0. The third-order valence-corrected chi connectivity index (χ3v) is 6.36. The number of methoxy groups -OCH3 is 2. The SMILES string of the molecule is COc1ccc(OC[C@@H](O)CN(c2ccccc2OC)S(=O)(=O)c2ccccc2)cc1. The summed E-state index contributed by atoms with van der Waals surface area (Å²) < 4.78 is 44.0. The average molecular weight is 444 g/mol. The van der Waals surface area contributed by atoms with Crippen molar-refractivity contribution in [1.82, 2.24) is 0 Å². The molecule has 1 N–H and O–H groups in total. The van der Waals surface area contributed by atoms with Crippen LogP contribution < -0.4 is 18.5 Å². The van der Waals surface area contributed by atoms with Gasteiger partial charge in [-0.15, -0.1) is 0 Å². The molecule has 3 rings (SSSR count). The maximum Gasteiger partial charge on any atom is 0.264 e. The monoisotopic (exact) mass is 443 g/mol. The summed E-state index contributed by atoms with van der Waals surface area (Å²) in [6.07, 6.45) is -1.09. The molecule has 3 aromatic rings. The van der Waals surface area contributed by atoms with E-state index in [1.165, 1.54) is 19.2 Å². The van der Waals surface area contributed by atoms with Gasteiger partial charge >= 0.3 is 0 Å². The summed E-state index contributed by atoms with van der Waals surface area (Å²) in [6.45, 7) is -0.309. The van der Waals surface area contributed by atoms with E-state index in [1.807, 2.05) is 0 Å². The number of hydrogen-bond donors (Lipinski definition) is 1. The van der Waals surface area contributed by atoms with Crippen molar-refractivity contribution in [3.63, 3.8) is 0 Å². The largest absolute Gasteiger partial charge is 0.497 e. The van der Waals surface area contributed by atoms with Crippen molar-refractivity contribution < 1.29 is 27.7 Å². The minimum Gasteiger partial charge on any atom is -0.497 e. The summed E-state index contributed by atoms with van der Waals surface area (Å²) in [4.78, 5) is 0.115. The van der Waals surface area contributed by atoms with Crippen LogP contribution in [0.5, 0.6) is 17.2 Å². The number of aliphatic hydroxyl groups is 1. The Labute approximate surface area is 182 Å². The second-order valence-corrected chi connectivity index (χ2v) is 8.52. The molecule has 7 nitrogen and oxygen atoms in total. The van der Waals surface area contributed by atoms with Crippen LogP contribution in [0.4, 0.5) is 5.69 Å². The zero-order valence-electron chi connectivity index (χ0n) is 17.3. The van der Waals surface area contributed by atoms with Crippen molar-refractivity contribution >= 4 is 15.7 Å². The summed E-state index contributed by atoms with van der Waals surface area (Å²) in [5.74, 6) is 1.60. The number of benzene rings is 3. The van der Waals surface area contributed by atoms with E-state index >= 15 is 0 Å². The molecule has 0 radical (unpaired) electrons. The molecule has 0 heterocycles. The number of hydrogen-bond acceptors (Lipinski definition) is 6. The number of sulfonamides is 1. The zero-order valence-corrected chi connectivity index (χ0v) is 18.2. The molecule has 0 aliphatic rings. The van der Waals surface area contributed by atoms with E-state index in [2.05, 4.69) is 0 Å². The number of para-hydroxylation sites is 2. The summed E-state index contributed by atoms with van der Waals surface area (Å²) in [7, 11) is -0.916. The minimum absolute atomic E-state index is 0.0950. The van der Waals surface area contributed by atoms with Crippen molar-refractivity contribution in [3.05, 3.63) is 78.9 Å². The predicted molar refractivity (Wildman–Crippen MR) is 118 cm³/mol. The van der Waals surface area contributed by atoms with E-state index in [4.69, 9.17) is 14.2 Å². The van der Waals surface area contributed by atoms with Crippen molar-refractivity contribution in [2.75, 3.05) is 31.7 Å². The Hall–Kier alpha value is -3.23. The maximum absolute atomic E-state index is 13.4. The van der Waals surface area contributed by atoms with Gasteiger partial charge in [0.05, 0.1) is 31.3 Å². The Morgan fingerprint density at radius 1 is 0.839 bits per heavy atom. The van der Waals surface area contributed by atoms with Crippen LogP contribution in [0, 0.1) is 0 Å². The number of aliphatic hydroxyl groups excluding tert-OH is 1. The Kier molecular flexibility index (Phi) is 7.38. The van der Waals surface area contributed by atoms with Gasteiger partial charge in [-0.1, -0.05) is 30.3 Å². The fraction of sp³-hybridized carbons (Fsp3) is 0.217. The average Bonchev–Trinajstić information content (AvgIpc) is 2.82. The molecule has 0 aliphatic carbocycles. The highest BCUT2D eigenvalue weighted by molar-refractivity contribution is 7.92. The smallest absolute Gasteiger partial charge is 0.264 e. The molecule has 0 aromatic heterocycles. The molecule has 0 unspecified atom stereocenters. The fourth-order valence-electron chi connectivity index (χ4n) is 2.99. The molecular weight excluding hydrogens is 418 g/mol. The second-order valence-electron chi connectivity index (χ2n) is 6.66. The Balaban J connectivity index is 1.84. The molecule has 0 bridgehead atoms. The lowest BCUT2D eigenvalue weighted by molar-refractivity contribution is 0.115. The number of ether oxygens (including phenoxy) is 3. The van der Waals surface area contributed by atoms with Crippen LogP contribution in [0.2, 0.25) is 0 Å². The summed E-state index contributed by atoms with van der Waals surface area (Å²) in [5, 5.41) is 10.6. The van der Waals surface area contributed by atoms with Gasteiger partial charge < -0.3 is 19.3 Å². The van der Waals surface area contributed by atoms with Gasteiger partial charge in [-0.2, -0.15) is 0 Å². The van der Waals surface area contributed by atoms with Crippen LogP contribution in [0.1, 0.15) is 0 Å². The van der Waals surface area contributed by atoms with Crippen LogP contribution >= 0.6 is 0 Å². The van der Waals surface area contributed by atoms with Crippen LogP contribution in [0.25, 0.3) is 0 Å². The lowest BCUT2D eigenvalue weighted by Gasteiger charge is -2.28. The Bertz CT molecular complexity index is 1070. The first kappa shape index (κ1) is 22.5. The van der Waals surface area contributed by atoms with Gasteiger partial charge in [0.1, 0.15) is 30.0 Å². The number of nitrogens with zero attached hydrogens (tertiary/aromatic N) is 1. The van der Waals surface area contributed by atoms with E-state index in [9.17, 15) is 13.5 Å². The minimum atomic E-state index is -3.95. The zero-order chi connectivity index (χ0) is 22.3. The lowest BCUT2D eigenvalue weighted by atomic mass is 10.2. The molecular formula is C23H25NO6S. The van der Waals surface area contributed by atoms with Gasteiger partial charge in [0.15, 0.2) is 0 Å². The van der Waals surface area contributed by atoms with Gasteiger partial charge in [-0.05, 0) is 48.5 Å². The number of rotatable bonds is 10. The first-order valence-electron chi connectivity index (χ1n) is 9.61. The Morgan fingerprint density at radius 2 is 1.45 bits per heavy atom. The highest BCUT2D eigenvalue weighted by atomic mass is 32.2. The van der Waals surface area contributed by atoms with Crippen LogP contribution in [0.3, 0.4) is 0 Å². The van der Waals surface area contributed by atoms with E-state index in [0.717, 1.165) is 4.31 Å². The molecule has 0 spiro atoms. The third-order valence-electron chi connectivity index (χ3n) is 4.56. The first-order chi connectivity index (χ1) is 15.0. The molecule has 8 heteroatoms. The van der Waals surface area contributed by atoms with Crippen molar-refractivity contribution in [2.24, 2.45) is 0 Å². The standard InChI is InChI=1S/C23H25NO6S/c1-28-19-12-14-20(15-13-19)30-17-18(25)16-24(22-10-6-7-11-23(22)29-2)31(26,27)21-8-4-3-5-9-21/h3-15,18,25H,16-17H2,1-2H3/t18-/m0/s1. The van der Waals surface area contributed by atoms with Gasteiger partial charge in [0, 0.05) is 0 Å². The van der Waals surface area contributed by atoms with Gasteiger partial charge in [-0.25, -0.2) is 8.42 Å². The van der Waals surface area contributed by atoms with Gasteiger partial charge in [0.2, 0.25) is 0 Å². The molecule has 1 atom stereocenters. The summed E-state index contributed by atoms with van der Waals surface area (Å²) in [6, 6.07) is 21.7. The van der Waals surface area contributed by atoms with Crippen LogP contribution in [-0.2, 0) is 10.0 Å². The molecule has 0 saturated carbocycles.